The van der Waals surface area contributed by atoms with Crippen LogP contribution in [0.5, 0.6) is 5.75 Å². The molecular formula is C18H22N4O2. The van der Waals surface area contributed by atoms with Gasteiger partial charge in [-0.25, -0.2) is 9.97 Å². The minimum absolute atomic E-state index is 0.0445. The van der Waals surface area contributed by atoms with Gasteiger partial charge in [-0.2, -0.15) is 0 Å². The Morgan fingerprint density at radius 2 is 1.96 bits per heavy atom. The monoisotopic (exact) mass is 326 g/mol. The van der Waals surface area contributed by atoms with Gasteiger partial charge in [0, 0.05) is 25.6 Å². The molecule has 0 saturated carbocycles. The molecule has 0 bridgehead atoms. The van der Waals surface area contributed by atoms with Crippen LogP contribution in [0.25, 0.3) is 0 Å². The number of anilines is 2. The zero-order valence-corrected chi connectivity index (χ0v) is 13.9. The van der Waals surface area contributed by atoms with Crippen LogP contribution in [0.2, 0.25) is 0 Å². The largest absolute Gasteiger partial charge is 0.497 e. The number of carbonyl (C=O) groups excluding carboxylic acids is 1. The maximum atomic E-state index is 12.1. The van der Waals surface area contributed by atoms with Crippen molar-refractivity contribution in [3.05, 3.63) is 42.2 Å². The summed E-state index contributed by atoms with van der Waals surface area (Å²) in [5, 5.41) is 2.86. The first-order valence-corrected chi connectivity index (χ1v) is 8.24. The first-order valence-electron chi connectivity index (χ1n) is 8.24. The maximum Gasteiger partial charge on any atom is 0.225 e. The van der Waals surface area contributed by atoms with Crippen molar-refractivity contribution in [1.82, 2.24) is 9.97 Å². The van der Waals surface area contributed by atoms with Crippen molar-refractivity contribution in [1.29, 1.82) is 0 Å². The van der Waals surface area contributed by atoms with Crippen LogP contribution in [0.4, 0.5) is 11.6 Å². The van der Waals surface area contributed by atoms with E-state index in [1.807, 2.05) is 30.3 Å². The lowest BCUT2D eigenvalue weighted by atomic mass is 10.1. The molecule has 1 N–H and O–H groups in total. The maximum absolute atomic E-state index is 12.1. The number of ether oxygens (including phenoxy) is 1. The number of aromatic nitrogens is 2. The lowest BCUT2D eigenvalue weighted by Crippen LogP contribution is -2.20. The number of methoxy groups -OCH3 is 1. The molecule has 2 heterocycles. The standard InChI is InChI=1S/C18H22N4O2/c1-24-15-7-4-14(5-8-15)6-9-18(23)21-16-12-17(20-13-19-16)22-10-2-3-11-22/h4-5,7-8,12-13H,2-3,6,9-11H2,1H3,(H,19,20,21,23). The summed E-state index contributed by atoms with van der Waals surface area (Å²) in [6.45, 7) is 2.03. The van der Waals surface area contributed by atoms with Crippen LogP contribution < -0.4 is 15.0 Å². The molecule has 1 amide bonds. The van der Waals surface area contributed by atoms with Crippen LogP contribution in [0.15, 0.2) is 36.7 Å². The Hall–Kier alpha value is -2.63. The topological polar surface area (TPSA) is 67.3 Å². The van der Waals surface area contributed by atoms with Gasteiger partial charge < -0.3 is 15.0 Å². The summed E-state index contributed by atoms with van der Waals surface area (Å²) in [5.41, 5.74) is 1.10. The van der Waals surface area contributed by atoms with E-state index in [1.54, 1.807) is 7.11 Å². The van der Waals surface area contributed by atoms with Gasteiger partial charge in [-0.1, -0.05) is 12.1 Å². The smallest absolute Gasteiger partial charge is 0.225 e. The highest BCUT2D eigenvalue weighted by molar-refractivity contribution is 5.90. The Labute approximate surface area is 141 Å². The third kappa shape index (κ3) is 4.22. The molecule has 126 valence electrons. The molecule has 0 radical (unpaired) electrons. The minimum atomic E-state index is -0.0445. The number of hydrogen-bond donors (Lipinski definition) is 1. The summed E-state index contributed by atoms with van der Waals surface area (Å²) in [6, 6.07) is 9.60. The number of carbonyl (C=O) groups is 1. The molecule has 6 nitrogen and oxygen atoms in total. The molecule has 1 aliphatic rings. The van der Waals surface area contributed by atoms with Crippen LogP contribution in [-0.2, 0) is 11.2 Å². The first-order chi connectivity index (χ1) is 11.7. The van der Waals surface area contributed by atoms with Crippen LogP contribution >= 0.6 is 0 Å². The normalized spacial score (nSPS) is 13.8. The number of amides is 1. The number of nitrogens with zero attached hydrogens (tertiary/aromatic N) is 3. The van der Waals surface area contributed by atoms with E-state index >= 15 is 0 Å². The fraction of sp³-hybridized carbons (Fsp3) is 0.389. The van der Waals surface area contributed by atoms with Gasteiger partial charge in [-0.05, 0) is 37.0 Å². The molecule has 1 aromatic carbocycles. The summed E-state index contributed by atoms with van der Waals surface area (Å²) in [6.07, 6.45) is 4.98. The zero-order valence-electron chi connectivity index (χ0n) is 13.9. The van der Waals surface area contributed by atoms with Gasteiger partial charge in [0.2, 0.25) is 5.91 Å². The van der Waals surface area contributed by atoms with E-state index in [0.29, 0.717) is 18.7 Å². The van der Waals surface area contributed by atoms with E-state index < -0.39 is 0 Å². The van der Waals surface area contributed by atoms with Crippen molar-refractivity contribution in [3.8, 4) is 5.75 Å². The van der Waals surface area contributed by atoms with Gasteiger partial charge in [0.05, 0.1) is 7.11 Å². The third-order valence-corrected chi connectivity index (χ3v) is 4.15. The second kappa shape index (κ2) is 7.77. The molecule has 24 heavy (non-hydrogen) atoms. The lowest BCUT2D eigenvalue weighted by molar-refractivity contribution is -0.116. The number of benzene rings is 1. The van der Waals surface area contributed by atoms with Gasteiger partial charge in [-0.3, -0.25) is 4.79 Å². The Morgan fingerprint density at radius 3 is 2.67 bits per heavy atom. The minimum Gasteiger partial charge on any atom is -0.497 e. The van der Waals surface area contributed by atoms with E-state index in [1.165, 1.54) is 19.2 Å². The fourth-order valence-corrected chi connectivity index (χ4v) is 2.79. The van der Waals surface area contributed by atoms with Gasteiger partial charge in [0.1, 0.15) is 23.7 Å². The predicted octanol–water partition coefficient (Wildman–Crippen LogP) is 2.66. The molecule has 2 aromatic rings. The highest BCUT2D eigenvalue weighted by atomic mass is 16.5. The number of hydrogen-bond acceptors (Lipinski definition) is 5. The van der Waals surface area contributed by atoms with E-state index in [4.69, 9.17) is 4.74 Å². The highest BCUT2D eigenvalue weighted by Gasteiger charge is 2.14. The molecule has 1 fully saturated rings. The average molecular weight is 326 g/mol. The van der Waals surface area contributed by atoms with E-state index in [9.17, 15) is 4.79 Å². The van der Waals surface area contributed by atoms with Crippen molar-refractivity contribution >= 4 is 17.5 Å². The summed E-state index contributed by atoms with van der Waals surface area (Å²) >= 11 is 0. The Balaban J connectivity index is 1.53. The zero-order chi connectivity index (χ0) is 16.8. The molecule has 0 atom stereocenters. The number of aryl methyl sites for hydroxylation is 1. The van der Waals surface area contributed by atoms with Crippen LogP contribution in [0.1, 0.15) is 24.8 Å². The SMILES string of the molecule is COc1ccc(CCC(=O)Nc2cc(N3CCCC3)ncn2)cc1. The molecule has 0 spiro atoms. The Bertz CT molecular complexity index is 682. The van der Waals surface area contributed by atoms with Crippen molar-refractivity contribution < 1.29 is 9.53 Å². The van der Waals surface area contributed by atoms with Crippen molar-refractivity contribution in [3.63, 3.8) is 0 Å². The molecule has 0 unspecified atom stereocenters. The van der Waals surface area contributed by atoms with E-state index in [-0.39, 0.29) is 5.91 Å². The van der Waals surface area contributed by atoms with E-state index in [2.05, 4.69) is 20.2 Å². The summed E-state index contributed by atoms with van der Waals surface area (Å²) in [4.78, 5) is 22.8. The third-order valence-electron chi connectivity index (χ3n) is 4.15. The lowest BCUT2D eigenvalue weighted by Gasteiger charge is -2.16. The van der Waals surface area contributed by atoms with Gasteiger partial charge in [-0.15, -0.1) is 0 Å². The average Bonchev–Trinajstić information content (AvgIpc) is 3.15. The quantitative estimate of drug-likeness (QED) is 0.884. The Morgan fingerprint density at radius 1 is 1.21 bits per heavy atom. The Kier molecular flexibility index (Phi) is 5.25. The molecule has 1 aliphatic heterocycles. The summed E-state index contributed by atoms with van der Waals surface area (Å²) in [7, 11) is 1.64. The van der Waals surface area contributed by atoms with Crippen molar-refractivity contribution in [2.45, 2.75) is 25.7 Å². The first kappa shape index (κ1) is 16.2. The van der Waals surface area contributed by atoms with Crippen LogP contribution in [0, 0.1) is 0 Å². The molecule has 6 heteroatoms. The number of nitrogens with one attached hydrogen (secondary N) is 1. The van der Waals surface area contributed by atoms with Crippen LogP contribution in [-0.4, -0.2) is 36.1 Å². The van der Waals surface area contributed by atoms with Gasteiger partial charge in [0.15, 0.2) is 0 Å². The van der Waals surface area contributed by atoms with Crippen LogP contribution in [0.3, 0.4) is 0 Å². The highest BCUT2D eigenvalue weighted by Crippen LogP contribution is 2.19. The summed E-state index contributed by atoms with van der Waals surface area (Å²) in [5.74, 6) is 2.22. The fourth-order valence-electron chi connectivity index (χ4n) is 2.79. The molecule has 3 rings (SSSR count). The predicted molar refractivity (Wildman–Crippen MR) is 93.4 cm³/mol. The van der Waals surface area contributed by atoms with Crippen molar-refractivity contribution in [2.75, 3.05) is 30.4 Å². The summed E-state index contributed by atoms with van der Waals surface area (Å²) < 4.78 is 5.13. The van der Waals surface area contributed by atoms with E-state index in [0.717, 1.165) is 30.2 Å². The van der Waals surface area contributed by atoms with Gasteiger partial charge in [0.25, 0.3) is 0 Å². The number of rotatable bonds is 6. The van der Waals surface area contributed by atoms with Crippen molar-refractivity contribution in [2.24, 2.45) is 0 Å². The molecule has 0 aliphatic carbocycles. The second-order valence-corrected chi connectivity index (χ2v) is 5.85. The molecular weight excluding hydrogens is 304 g/mol. The van der Waals surface area contributed by atoms with Gasteiger partial charge >= 0.3 is 0 Å². The second-order valence-electron chi connectivity index (χ2n) is 5.85. The molecule has 1 aromatic heterocycles. The molecule has 1 saturated heterocycles.